The van der Waals surface area contributed by atoms with Gasteiger partial charge in [-0.2, -0.15) is 0 Å². The van der Waals surface area contributed by atoms with Gasteiger partial charge in [0.05, 0.1) is 12.2 Å². The van der Waals surface area contributed by atoms with Crippen molar-refractivity contribution in [1.29, 1.82) is 0 Å². The quantitative estimate of drug-likeness (QED) is 0.525. The van der Waals surface area contributed by atoms with Crippen LogP contribution >= 0.6 is 39.7 Å². The van der Waals surface area contributed by atoms with E-state index in [-0.39, 0.29) is 0 Å². The van der Waals surface area contributed by atoms with Gasteiger partial charge < -0.3 is 15.1 Å². The summed E-state index contributed by atoms with van der Waals surface area (Å²) in [5, 5.41) is 7.35. The van der Waals surface area contributed by atoms with E-state index in [1.54, 1.807) is 0 Å². The molecule has 0 saturated heterocycles. The first kappa shape index (κ1) is 17.9. The molecule has 0 bridgehead atoms. The summed E-state index contributed by atoms with van der Waals surface area (Å²) in [7, 11) is 0. The van der Waals surface area contributed by atoms with E-state index in [2.05, 4.69) is 31.5 Å². The monoisotopic (exact) mass is 435 g/mol. The lowest BCUT2D eigenvalue weighted by Gasteiger charge is -2.09. The zero-order valence-electron chi connectivity index (χ0n) is 13.3. The maximum absolute atomic E-state index is 5.90. The predicted octanol–water partition coefficient (Wildman–Crippen LogP) is 5.55. The molecule has 0 amide bonds. The third kappa shape index (κ3) is 4.81. The summed E-state index contributed by atoms with van der Waals surface area (Å²) in [5.41, 5.74) is 1.87. The lowest BCUT2D eigenvalue weighted by atomic mass is 10.2. The molecule has 2 N–H and O–H groups in total. The number of rotatable bonds is 4. The number of thiocarbonyl (C=S) groups is 1. The minimum absolute atomic E-state index is 0.481. The van der Waals surface area contributed by atoms with Crippen LogP contribution in [0.15, 0.2) is 57.4 Å². The topological polar surface area (TPSA) is 50.1 Å². The van der Waals surface area contributed by atoms with Crippen LogP contribution in [-0.4, -0.2) is 10.1 Å². The standard InChI is InChI=1S/C18H15BrClN3OS/c1-11-15(19)7-9-17(22-11)23-18(25)21-10-14-6-8-16(24-14)12-2-4-13(20)5-3-12/h2-9H,10H2,1H3,(H2,21,22,23,25). The van der Waals surface area contributed by atoms with E-state index in [1.165, 1.54) is 0 Å². The molecule has 0 atom stereocenters. The summed E-state index contributed by atoms with van der Waals surface area (Å²) < 4.78 is 6.79. The average molecular weight is 437 g/mol. The van der Waals surface area contributed by atoms with Crippen LogP contribution < -0.4 is 10.6 Å². The smallest absolute Gasteiger partial charge is 0.172 e. The minimum atomic E-state index is 0.481. The summed E-state index contributed by atoms with van der Waals surface area (Å²) in [5.74, 6) is 2.27. The first-order valence-electron chi connectivity index (χ1n) is 7.54. The molecule has 0 aliphatic rings. The SMILES string of the molecule is Cc1nc(NC(=S)NCc2ccc(-c3ccc(Cl)cc3)o2)ccc1Br. The molecule has 0 aliphatic carbocycles. The van der Waals surface area contributed by atoms with Gasteiger partial charge in [-0.3, -0.25) is 0 Å². The summed E-state index contributed by atoms with van der Waals surface area (Å²) in [6, 6.07) is 15.2. The maximum Gasteiger partial charge on any atom is 0.172 e. The molecule has 0 saturated carbocycles. The third-order valence-electron chi connectivity index (χ3n) is 3.48. The predicted molar refractivity (Wildman–Crippen MR) is 109 cm³/mol. The molecule has 2 aromatic heterocycles. The summed E-state index contributed by atoms with van der Waals surface area (Å²) in [6.45, 7) is 2.40. The fourth-order valence-corrected chi connectivity index (χ4v) is 2.71. The van der Waals surface area contributed by atoms with Crippen LogP contribution in [0.4, 0.5) is 5.82 Å². The Kier molecular flexibility index (Phi) is 5.73. The summed E-state index contributed by atoms with van der Waals surface area (Å²) >= 11 is 14.6. The number of nitrogens with zero attached hydrogens (tertiary/aromatic N) is 1. The van der Waals surface area contributed by atoms with Gasteiger partial charge in [0.15, 0.2) is 5.11 Å². The molecule has 0 radical (unpaired) electrons. The Hall–Kier alpha value is -1.89. The number of hydrogen-bond acceptors (Lipinski definition) is 3. The van der Waals surface area contributed by atoms with Gasteiger partial charge in [0.2, 0.25) is 0 Å². The highest BCUT2D eigenvalue weighted by Gasteiger charge is 2.06. The number of hydrogen-bond donors (Lipinski definition) is 2. The summed E-state index contributed by atoms with van der Waals surface area (Å²) in [6.07, 6.45) is 0. The number of pyridine rings is 1. The van der Waals surface area contributed by atoms with E-state index in [1.807, 2.05) is 55.5 Å². The number of aromatic nitrogens is 1. The summed E-state index contributed by atoms with van der Waals surface area (Å²) in [4.78, 5) is 4.40. The third-order valence-corrected chi connectivity index (χ3v) is 4.81. The van der Waals surface area contributed by atoms with E-state index >= 15 is 0 Å². The molecule has 0 fully saturated rings. The van der Waals surface area contributed by atoms with E-state index in [4.69, 9.17) is 28.2 Å². The van der Waals surface area contributed by atoms with Crippen LogP contribution in [-0.2, 0) is 6.54 Å². The zero-order chi connectivity index (χ0) is 17.8. The highest BCUT2D eigenvalue weighted by atomic mass is 79.9. The normalized spacial score (nSPS) is 10.5. The molecule has 0 aliphatic heterocycles. The lowest BCUT2D eigenvalue weighted by Crippen LogP contribution is -2.28. The van der Waals surface area contributed by atoms with E-state index in [0.29, 0.717) is 22.5 Å². The maximum atomic E-state index is 5.90. The Morgan fingerprint density at radius 3 is 2.64 bits per heavy atom. The van der Waals surface area contributed by atoms with Crippen molar-refractivity contribution in [3.8, 4) is 11.3 Å². The second-order valence-corrected chi connectivity index (χ2v) is 7.04. The van der Waals surface area contributed by atoms with E-state index in [9.17, 15) is 0 Å². The molecular weight excluding hydrogens is 422 g/mol. The Morgan fingerprint density at radius 1 is 1.16 bits per heavy atom. The van der Waals surface area contributed by atoms with Gasteiger partial charge >= 0.3 is 0 Å². The highest BCUT2D eigenvalue weighted by molar-refractivity contribution is 9.10. The number of nitrogens with one attached hydrogen (secondary N) is 2. The van der Waals surface area contributed by atoms with Gasteiger partial charge in [0.25, 0.3) is 0 Å². The number of anilines is 1. The first-order chi connectivity index (χ1) is 12.0. The van der Waals surface area contributed by atoms with Crippen molar-refractivity contribution < 1.29 is 4.42 Å². The van der Waals surface area contributed by atoms with Gasteiger partial charge in [-0.25, -0.2) is 4.98 Å². The van der Waals surface area contributed by atoms with Gasteiger partial charge in [0.1, 0.15) is 17.3 Å². The second-order valence-electron chi connectivity index (χ2n) is 5.34. The highest BCUT2D eigenvalue weighted by Crippen LogP contribution is 2.23. The largest absolute Gasteiger partial charge is 0.459 e. The van der Waals surface area contributed by atoms with Crippen molar-refractivity contribution in [2.45, 2.75) is 13.5 Å². The molecule has 3 rings (SSSR count). The second kappa shape index (κ2) is 7.99. The number of aryl methyl sites for hydroxylation is 1. The molecule has 25 heavy (non-hydrogen) atoms. The number of furan rings is 1. The number of benzene rings is 1. The Morgan fingerprint density at radius 2 is 1.92 bits per heavy atom. The van der Waals surface area contributed by atoms with Crippen molar-refractivity contribution in [3.05, 3.63) is 69.5 Å². The van der Waals surface area contributed by atoms with Crippen molar-refractivity contribution in [2.75, 3.05) is 5.32 Å². The average Bonchev–Trinajstić information content (AvgIpc) is 3.06. The van der Waals surface area contributed by atoms with Crippen LogP contribution in [0, 0.1) is 6.92 Å². The fraction of sp³-hybridized carbons (Fsp3) is 0.111. The van der Waals surface area contributed by atoms with Gasteiger partial charge in [-0.1, -0.05) is 11.6 Å². The molecule has 2 heterocycles. The van der Waals surface area contributed by atoms with E-state index in [0.717, 1.165) is 27.3 Å². The van der Waals surface area contributed by atoms with Crippen LogP contribution in [0.3, 0.4) is 0 Å². The fourth-order valence-electron chi connectivity index (χ4n) is 2.18. The van der Waals surface area contributed by atoms with Gasteiger partial charge in [-0.05, 0) is 83.6 Å². The lowest BCUT2D eigenvalue weighted by molar-refractivity contribution is 0.516. The number of halogens is 2. The molecule has 0 spiro atoms. The molecular formula is C18H15BrClN3OS. The molecule has 4 nitrogen and oxygen atoms in total. The van der Waals surface area contributed by atoms with Crippen molar-refractivity contribution in [2.24, 2.45) is 0 Å². The Labute approximate surface area is 164 Å². The molecule has 0 unspecified atom stereocenters. The first-order valence-corrected chi connectivity index (χ1v) is 9.12. The van der Waals surface area contributed by atoms with Crippen LogP contribution in [0.5, 0.6) is 0 Å². The molecule has 3 aromatic rings. The van der Waals surface area contributed by atoms with E-state index < -0.39 is 0 Å². The van der Waals surface area contributed by atoms with Crippen molar-refractivity contribution in [1.82, 2.24) is 10.3 Å². The van der Waals surface area contributed by atoms with Crippen LogP contribution in [0.25, 0.3) is 11.3 Å². The van der Waals surface area contributed by atoms with Gasteiger partial charge in [0, 0.05) is 15.1 Å². The zero-order valence-corrected chi connectivity index (χ0v) is 16.5. The molecule has 128 valence electrons. The van der Waals surface area contributed by atoms with Crippen molar-refractivity contribution in [3.63, 3.8) is 0 Å². The Bertz CT molecular complexity index is 896. The molecule has 1 aromatic carbocycles. The Balaban J connectivity index is 1.57. The minimum Gasteiger partial charge on any atom is -0.459 e. The molecule has 7 heteroatoms. The van der Waals surface area contributed by atoms with Gasteiger partial charge in [-0.15, -0.1) is 0 Å². The van der Waals surface area contributed by atoms with Crippen LogP contribution in [0.2, 0.25) is 5.02 Å². The van der Waals surface area contributed by atoms with Crippen LogP contribution in [0.1, 0.15) is 11.5 Å². The van der Waals surface area contributed by atoms with Crippen molar-refractivity contribution >= 4 is 50.7 Å².